The van der Waals surface area contributed by atoms with Gasteiger partial charge in [-0.15, -0.1) is 0 Å². The molecule has 1 aromatic rings. The van der Waals surface area contributed by atoms with E-state index in [1.54, 1.807) is 0 Å². The van der Waals surface area contributed by atoms with Crippen LogP contribution in [0.25, 0.3) is 0 Å². The molecule has 2 heterocycles. The maximum atomic E-state index is 11.7. The Morgan fingerprint density at radius 1 is 1.24 bits per heavy atom. The Kier molecular flexibility index (Phi) is 5.64. The minimum absolute atomic E-state index is 0.344. The van der Waals surface area contributed by atoms with E-state index >= 15 is 0 Å². The number of hydrogen-bond donors (Lipinski definition) is 1. The quantitative estimate of drug-likeness (QED) is 0.873. The third kappa shape index (κ3) is 4.75. The van der Waals surface area contributed by atoms with E-state index in [0.717, 1.165) is 38.4 Å². The highest BCUT2D eigenvalue weighted by Gasteiger charge is 2.13. The van der Waals surface area contributed by atoms with E-state index in [-0.39, 0.29) is 6.09 Å². The molecular formula is C15H26N4O2. The van der Waals surface area contributed by atoms with E-state index in [1.165, 1.54) is 5.69 Å². The number of amides is 1. The number of aryl methyl sites for hydroxylation is 1. The second kappa shape index (κ2) is 7.47. The van der Waals surface area contributed by atoms with E-state index in [2.05, 4.69) is 26.7 Å². The number of alkyl carbamates (subject to hydrolysis) is 1. The van der Waals surface area contributed by atoms with Crippen molar-refractivity contribution in [3.8, 4) is 0 Å². The van der Waals surface area contributed by atoms with Crippen molar-refractivity contribution in [2.45, 2.75) is 13.5 Å². The van der Waals surface area contributed by atoms with Gasteiger partial charge < -0.3 is 19.5 Å². The molecule has 0 atom stereocenters. The minimum Gasteiger partial charge on any atom is -0.448 e. The first kappa shape index (κ1) is 15.9. The fourth-order valence-electron chi connectivity index (χ4n) is 2.40. The minimum atomic E-state index is -0.344. The van der Waals surface area contributed by atoms with Gasteiger partial charge in [-0.1, -0.05) is 0 Å². The van der Waals surface area contributed by atoms with E-state index in [1.807, 2.05) is 26.1 Å². The highest BCUT2D eigenvalue weighted by molar-refractivity contribution is 5.67. The first-order valence-corrected chi connectivity index (χ1v) is 7.49. The molecule has 1 aromatic heterocycles. The predicted octanol–water partition coefficient (Wildman–Crippen LogP) is 0.807. The van der Waals surface area contributed by atoms with Crippen LogP contribution in [0.1, 0.15) is 11.4 Å². The van der Waals surface area contributed by atoms with Gasteiger partial charge in [-0.05, 0) is 26.1 Å². The molecule has 0 saturated carbocycles. The largest absolute Gasteiger partial charge is 0.448 e. The van der Waals surface area contributed by atoms with Gasteiger partial charge in [0.1, 0.15) is 6.61 Å². The lowest BCUT2D eigenvalue weighted by molar-refractivity contribution is 0.103. The van der Waals surface area contributed by atoms with Gasteiger partial charge in [0.25, 0.3) is 0 Å². The van der Waals surface area contributed by atoms with Gasteiger partial charge in [0, 0.05) is 51.2 Å². The summed E-state index contributed by atoms with van der Waals surface area (Å²) in [5.41, 5.74) is 2.25. The number of aromatic nitrogens is 1. The van der Waals surface area contributed by atoms with Gasteiger partial charge in [-0.3, -0.25) is 4.90 Å². The highest BCUT2D eigenvalue weighted by atomic mass is 16.5. The molecule has 1 aliphatic rings. The van der Waals surface area contributed by atoms with Crippen LogP contribution in [-0.4, -0.2) is 66.8 Å². The van der Waals surface area contributed by atoms with Gasteiger partial charge >= 0.3 is 6.09 Å². The van der Waals surface area contributed by atoms with E-state index in [4.69, 9.17) is 4.74 Å². The lowest BCUT2D eigenvalue weighted by Gasteiger charge is -2.31. The standard InChI is InChI=1S/C15H26N4O2/c1-13-4-5-14(18(13)3)12-16-15(20)21-11-10-19-8-6-17(2)7-9-19/h4-5H,6-12H2,1-3H3,(H,16,20). The Hall–Kier alpha value is -1.53. The Balaban J connectivity index is 1.60. The molecule has 1 amide bonds. The summed E-state index contributed by atoms with van der Waals surface area (Å²) in [6, 6.07) is 4.05. The molecule has 1 N–H and O–H groups in total. The molecule has 0 radical (unpaired) electrons. The maximum absolute atomic E-state index is 11.7. The summed E-state index contributed by atoms with van der Waals surface area (Å²) in [6.07, 6.45) is -0.344. The van der Waals surface area contributed by atoms with Crippen molar-refractivity contribution < 1.29 is 9.53 Å². The first-order chi connectivity index (χ1) is 10.1. The summed E-state index contributed by atoms with van der Waals surface area (Å²) in [4.78, 5) is 16.3. The van der Waals surface area contributed by atoms with Crippen LogP contribution in [-0.2, 0) is 18.3 Å². The lowest BCUT2D eigenvalue weighted by atomic mass is 10.3. The van der Waals surface area contributed by atoms with Crippen molar-refractivity contribution in [3.05, 3.63) is 23.5 Å². The fourth-order valence-corrected chi connectivity index (χ4v) is 2.40. The van der Waals surface area contributed by atoms with Crippen LogP contribution in [0.3, 0.4) is 0 Å². The zero-order valence-corrected chi connectivity index (χ0v) is 13.3. The number of carbonyl (C=O) groups is 1. The zero-order chi connectivity index (χ0) is 15.2. The molecule has 1 fully saturated rings. The molecule has 0 spiro atoms. The zero-order valence-electron chi connectivity index (χ0n) is 13.3. The van der Waals surface area contributed by atoms with Crippen LogP contribution in [0, 0.1) is 6.92 Å². The predicted molar refractivity (Wildman–Crippen MR) is 82.3 cm³/mol. The van der Waals surface area contributed by atoms with Gasteiger partial charge in [0.15, 0.2) is 0 Å². The smallest absolute Gasteiger partial charge is 0.407 e. The Morgan fingerprint density at radius 3 is 2.57 bits per heavy atom. The van der Waals surface area contributed by atoms with Crippen LogP contribution in [0.4, 0.5) is 4.79 Å². The lowest BCUT2D eigenvalue weighted by Crippen LogP contribution is -2.45. The number of hydrogen-bond acceptors (Lipinski definition) is 4. The summed E-state index contributed by atoms with van der Waals surface area (Å²) < 4.78 is 7.29. The molecule has 118 valence electrons. The summed E-state index contributed by atoms with van der Waals surface area (Å²) in [5.74, 6) is 0. The Morgan fingerprint density at radius 2 is 1.95 bits per heavy atom. The van der Waals surface area contributed by atoms with Gasteiger partial charge in [0.2, 0.25) is 0 Å². The van der Waals surface area contributed by atoms with Crippen LogP contribution < -0.4 is 5.32 Å². The third-order valence-electron chi connectivity index (χ3n) is 4.13. The van der Waals surface area contributed by atoms with Crippen molar-refractivity contribution in [2.24, 2.45) is 7.05 Å². The summed E-state index contributed by atoms with van der Waals surface area (Å²) in [7, 11) is 4.12. The number of rotatable bonds is 5. The molecule has 6 heteroatoms. The van der Waals surface area contributed by atoms with E-state index < -0.39 is 0 Å². The van der Waals surface area contributed by atoms with Crippen molar-refractivity contribution in [1.29, 1.82) is 0 Å². The number of ether oxygens (including phenoxy) is 1. The summed E-state index contributed by atoms with van der Waals surface area (Å²) >= 11 is 0. The number of nitrogens with one attached hydrogen (secondary N) is 1. The van der Waals surface area contributed by atoms with Crippen molar-refractivity contribution in [2.75, 3.05) is 46.4 Å². The number of piperazine rings is 1. The normalized spacial score (nSPS) is 16.9. The molecule has 0 unspecified atom stereocenters. The van der Waals surface area contributed by atoms with Gasteiger partial charge in [0.05, 0.1) is 6.54 Å². The topological polar surface area (TPSA) is 49.7 Å². The number of nitrogens with zero attached hydrogens (tertiary/aromatic N) is 3. The molecular weight excluding hydrogens is 268 g/mol. The van der Waals surface area contributed by atoms with Gasteiger partial charge in [-0.2, -0.15) is 0 Å². The summed E-state index contributed by atoms with van der Waals surface area (Å²) in [6.45, 7) is 8.05. The van der Waals surface area contributed by atoms with Crippen molar-refractivity contribution in [3.63, 3.8) is 0 Å². The average molecular weight is 294 g/mol. The second-order valence-corrected chi connectivity index (χ2v) is 5.66. The van der Waals surface area contributed by atoms with Crippen molar-refractivity contribution >= 4 is 6.09 Å². The third-order valence-corrected chi connectivity index (χ3v) is 4.13. The highest BCUT2D eigenvalue weighted by Crippen LogP contribution is 2.05. The monoisotopic (exact) mass is 294 g/mol. The molecule has 1 aliphatic heterocycles. The molecule has 0 aromatic carbocycles. The number of carbonyl (C=O) groups excluding carboxylic acids is 1. The van der Waals surface area contributed by atoms with Gasteiger partial charge in [-0.25, -0.2) is 4.79 Å². The maximum Gasteiger partial charge on any atom is 0.407 e. The molecule has 2 rings (SSSR count). The summed E-state index contributed by atoms with van der Waals surface area (Å²) in [5, 5.41) is 2.79. The van der Waals surface area contributed by atoms with Crippen LogP contribution in [0.2, 0.25) is 0 Å². The Bertz CT molecular complexity index is 464. The van der Waals surface area contributed by atoms with Crippen LogP contribution >= 0.6 is 0 Å². The second-order valence-electron chi connectivity index (χ2n) is 5.66. The SMILES string of the molecule is Cc1ccc(CNC(=O)OCCN2CCN(C)CC2)n1C. The molecule has 6 nitrogen and oxygen atoms in total. The fraction of sp³-hybridized carbons (Fsp3) is 0.667. The first-order valence-electron chi connectivity index (χ1n) is 7.49. The van der Waals surface area contributed by atoms with Crippen LogP contribution in [0.15, 0.2) is 12.1 Å². The Labute approximate surface area is 126 Å². The van der Waals surface area contributed by atoms with E-state index in [9.17, 15) is 4.79 Å². The van der Waals surface area contributed by atoms with Crippen molar-refractivity contribution in [1.82, 2.24) is 19.7 Å². The molecule has 0 bridgehead atoms. The molecule has 0 aliphatic carbocycles. The molecule has 21 heavy (non-hydrogen) atoms. The number of likely N-dealkylation sites (N-methyl/N-ethyl adjacent to an activating group) is 1. The van der Waals surface area contributed by atoms with Crippen LogP contribution in [0.5, 0.6) is 0 Å². The van der Waals surface area contributed by atoms with E-state index in [0.29, 0.717) is 13.2 Å². The molecule has 1 saturated heterocycles. The average Bonchev–Trinajstić information content (AvgIpc) is 2.79.